The molecule has 110 valence electrons. The molecule has 5 heteroatoms. The van der Waals surface area contributed by atoms with Crippen molar-refractivity contribution in [2.24, 2.45) is 11.7 Å². The molecule has 1 saturated heterocycles. The molecule has 1 fully saturated rings. The molecule has 2 rings (SSSR count). The zero-order valence-corrected chi connectivity index (χ0v) is 13.6. The molecule has 1 aromatic rings. The number of nitrogens with zero attached hydrogens (tertiary/aromatic N) is 1. The molecule has 1 heterocycles. The number of carbonyl (C=O) groups excluding carboxylic acids is 1. The fourth-order valence-corrected chi connectivity index (χ4v) is 3.25. The Balaban J connectivity index is 2.30. The lowest BCUT2D eigenvalue weighted by Crippen LogP contribution is -2.46. The van der Waals surface area contributed by atoms with Crippen LogP contribution in [-0.4, -0.2) is 25.5 Å². The van der Waals surface area contributed by atoms with Gasteiger partial charge < -0.3 is 16.0 Å². The van der Waals surface area contributed by atoms with Crippen LogP contribution in [-0.2, 0) is 11.3 Å². The maximum absolute atomic E-state index is 11.5. The number of carbonyl (C=O) groups is 1. The molecule has 0 radical (unpaired) electrons. The van der Waals surface area contributed by atoms with Crippen LogP contribution in [0.25, 0.3) is 0 Å². The van der Waals surface area contributed by atoms with Gasteiger partial charge in [0, 0.05) is 29.3 Å². The first-order chi connectivity index (χ1) is 9.52. The molecule has 1 amide bonds. The Hall–Kier alpha value is -1.07. The minimum Gasteiger partial charge on any atom is -0.369 e. The van der Waals surface area contributed by atoms with E-state index in [9.17, 15) is 4.79 Å². The van der Waals surface area contributed by atoms with E-state index in [2.05, 4.69) is 51.3 Å². The predicted molar refractivity (Wildman–Crippen MR) is 85.6 cm³/mol. The van der Waals surface area contributed by atoms with Gasteiger partial charge in [-0.15, -0.1) is 0 Å². The van der Waals surface area contributed by atoms with E-state index in [1.807, 2.05) is 7.05 Å². The first-order valence-electron chi connectivity index (χ1n) is 7.02. The normalized spacial score (nSPS) is 22.9. The summed E-state index contributed by atoms with van der Waals surface area (Å²) in [5, 5.41) is 3.20. The summed E-state index contributed by atoms with van der Waals surface area (Å²) < 4.78 is 1.07. The van der Waals surface area contributed by atoms with Gasteiger partial charge in [-0.3, -0.25) is 4.79 Å². The molecule has 0 aromatic heterocycles. The summed E-state index contributed by atoms with van der Waals surface area (Å²) in [4.78, 5) is 13.8. The van der Waals surface area contributed by atoms with Crippen LogP contribution in [0.2, 0.25) is 0 Å². The predicted octanol–water partition coefficient (Wildman–Crippen LogP) is 2.26. The molecule has 1 aliphatic heterocycles. The topological polar surface area (TPSA) is 58.4 Å². The van der Waals surface area contributed by atoms with Crippen molar-refractivity contribution < 1.29 is 4.79 Å². The lowest BCUT2D eigenvalue weighted by atomic mass is 9.92. The third kappa shape index (κ3) is 3.33. The van der Waals surface area contributed by atoms with Crippen LogP contribution in [0.15, 0.2) is 22.7 Å². The summed E-state index contributed by atoms with van der Waals surface area (Å²) in [7, 11) is 1.94. The van der Waals surface area contributed by atoms with Crippen LogP contribution in [0.4, 0.5) is 5.69 Å². The highest BCUT2D eigenvalue weighted by Crippen LogP contribution is 2.31. The molecule has 0 saturated carbocycles. The Morgan fingerprint density at radius 1 is 1.50 bits per heavy atom. The lowest BCUT2D eigenvalue weighted by molar-refractivity contribution is -0.122. The number of halogens is 1. The molecule has 3 N–H and O–H groups in total. The zero-order valence-electron chi connectivity index (χ0n) is 12.0. The SMILES string of the molecule is CNCc1cc(Br)ccc1N1CC(C(N)=O)CCC1C. The number of piperidine rings is 1. The van der Waals surface area contributed by atoms with Crippen molar-refractivity contribution in [3.8, 4) is 0 Å². The first-order valence-corrected chi connectivity index (χ1v) is 7.81. The van der Waals surface area contributed by atoms with Gasteiger partial charge in [0.1, 0.15) is 0 Å². The van der Waals surface area contributed by atoms with Crippen LogP contribution >= 0.6 is 15.9 Å². The highest BCUT2D eigenvalue weighted by molar-refractivity contribution is 9.10. The smallest absolute Gasteiger partial charge is 0.222 e. The van der Waals surface area contributed by atoms with Gasteiger partial charge >= 0.3 is 0 Å². The van der Waals surface area contributed by atoms with E-state index in [-0.39, 0.29) is 11.8 Å². The number of hydrogen-bond acceptors (Lipinski definition) is 3. The average molecular weight is 340 g/mol. The molecule has 2 unspecified atom stereocenters. The van der Waals surface area contributed by atoms with Crippen LogP contribution < -0.4 is 16.0 Å². The first kappa shape index (κ1) is 15.3. The lowest BCUT2D eigenvalue weighted by Gasteiger charge is -2.39. The van der Waals surface area contributed by atoms with Gasteiger partial charge in [0.25, 0.3) is 0 Å². The largest absolute Gasteiger partial charge is 0.369 e. The third-order valence-electron chi connectivity index (χ3n) is 4.00. The van der Waals surface area contributed by atoms with E-state index in [0.29, 0.717) is 6.04 Å². The van der Waals surface area contributed by atoms with Gasteiger partial charge in [-0.2, -0.15) is 0 Å². The molecule has 1 aliphatic rings. The van der Waals surface area contributed by atoms with Gasteiger partial charge in [0.15, 0.2) is 0 Å². The molecule has 0 bridgehead atoms. The quantitative estimate of drug-likeness (QED) is 0.884. The molecular weight excluding hydrogens is 318 g/mol. The minimum absolute atomic E-state index is 0.0442. The Labute approximate surface area is 128 Å². The summed E-state index contributed by atoms with van der Waals surface area (Å²) in [5.74, 6) is -0.230. The molecule has 1 aromatic carbocycles. The van der Waals surface area contributed by atoms with Gasteiger partial charge in [-0.1, -0.05) is 15.9 Å². The van der Waals surface area contributed by atoms with Gasteiger partial charge in [0.05, 0.1) is 5.92 Å². The molecule has 2 atom stereocenters. The van der Waals surface area contributed by atoms with E-state index in [0.717, 1.165) is 30.4 Å². The van der Waals surface area contributed by atoms with E-state index in [1.165, 1.54) is 11.3 Å². The van der Waals surface area contributed by atoms with Crippen LogP contribution in [0.3, 0.4) is 0 Å². The van der Waals surface area contributed by atoms with Crippen molar-refractivity contribution in [1.82, 2.24) is 5.32 Å². The molecular formula is C15H22BrN3O. The number of nitrogens with two attached hydrogens (primary N) is 1. The summed E-state index contributed by atoms with van der Waals surface area (Å²) in [6.07, 6.45) is 1.90. The van der Waals surface area contributed by atoms with Gasteiger partial charge in [-0.25, -0.2) is 0 Å². The fourth-order valence-electron chi connectivity index (χ4n) is 2.84. The second-order valence-electron chi connectivity index (χ2n) is 5.48. The standard InChI is InChI=1S/C15H22BrN3O/c1-10-3-4-11(15(17)20)9-19(10)14-6-5-13(16)7-12(14)8-18-2/h5-7,10-11,18H,3-4,8-9H2,1-2H3,(H2,17,20). The number of nitrogens with one attached hydrogen (secondary N) is 1. The van der Waals surface area contributed by atoms with E-state index in [4.69, 9.17) is 5.73 Å². The summed E-state index contributed by atoms with van der Waals surface area (Å²) in [5.41, 5.74) is 7.92. The third-order valence-corrected chi connectivity index (χ3v) is 4.50. The highest BCUT2D eigenvalue weighted by Gasteiger charge is 2.29. The van der Waals surface area contributed by atoms with Crippen LogP contribution in [0, 0.1) is 5.92 Å². The molecule has 0 aliphatic carbocycles. The van der Waals surface area contributed by atoms with Gasteiger partial charge in [-0.05, 0) is 50.6 Å². The maximum atomic E-state index is 11.5. The number of hydrogen-bond donors (Lipinski definition) is 2. The molecule has 20 heavy (non-hydrogen) atoms. The highest BCUT2D eigenvalue weighted by atomic mass is 79.9. The van der Waals surface area contributed by atoms with Crippen molar-refractivity contribution in [3.05, 3.63) is 28.2 Å². The number of amides is 1. The Morgan fingerprint density at radius 3 is 2.90 bits per heavy atom. The molecule has 4 nitrogen and oxygen atoms in total. The van der Waals surface area contributed by atoms with Crippen molar-refractivity contribution in [3.63, 3.8) is 0 Å². The number of primary amides is 1. The zero-order chi connectivity index (χ0) is 14.7. The summed E-state index contributed by atoms with van der Waals surface area (Å²) in [6, 6.07) is 6.74. The average Bonchev–Trinajstić information content (AvgIpc) is 2.40. The molecule has 0 spiro atoms. The summed E-state index contributed by atoms with van der Waals surface area (Å²) >= 11 is 3.52. The minimum atomic E-state index is -0.186. The van der Waals surface area contributed by atoms with E-state index in [1.54, 1.807) is 0 Å². The van der Waals surface area contributed by atoms with Crippen LogP contribution in [0.1, 0.15) is 25.3 Å². The van der Waals surface area contributed by atoms with Gasteiger partial charge in [0.2, 0.25) is 5.91 Å². The number of benzene rings is 1. The fraction of sp³-hybridized carbons (Fsp3) is 0.533. The Morgan fingerprint density at radius 2 is 2.25 bits per heavy atom. The Kier molecular flexibility index (Phi) is 5.05. The van der Waals surface area contributed by atoms with Crippen molar-refractivity contribution in [2.75, 3.05) is 18.5 Å². The Bertz CT molecular complexity index is 492. The monoisotopic (exact) mass is 339 g/mol. The van der Waals surface area contributed by atoms with Crippen LogP contribution in [0.5, 0.6) is 0 Å². The number of anilines is 1. The second-order valence-corrected chi connectivity index (χ2v) is 6.40. The van der Waals surface area contributed by atoms with E-state index >= 15 is 0 Å². The second kappa shape index (κ2) is 6.59. The van der Waals surface area contributed by atoms with Crippen molar-refractivity contribution in [2.45, 2.75) is 32.4 Å². The van der Waals surface area contributed by atoms with Crippen molar-refractivity contribution in [1.29, 1.82) is 0 Å². The number of rotatable bonds is 4. The van der Waals surface area contributed by atoms with E-state index < -0.39 is 0 Å². The maximum Gasteiger partial charge on any atom is 0.222 e. The summed E-state index contributed by atoms with van der Waals surface area (Å²) in [6.45, 7) is 3.73. The van der Waals surface area contributed by atoms with Crippen molar-refractivity contribution >= 4 is 27.5 Å².